The van der Waals surface area contributed by atoms with Gasteiger partial charge in [0, 0.05) is 98.7 Å². The number of nitriles is 2. The zero-order valence-corrected chi connectivity index (χ0v) is 90.6. The maximum Gasteiger partial charge on any atom is 0.410 e. The monoisotopic (exact) mass is 2270 g/mol. The Hall–Kier alpha value is -12.2. The molecule has 2 atom stereocenters. The first-order valence-electron chi connectivity index (χ1n) is 45.2. The van der Waals surface area contributed by atoms with Crippen LogP contribution in [-0.4, -0.2) is 153 Å². The lowest BCUT2D eigenvalue weighted by atomic mass is 10.0. The number of nitrogens with zero attached hydrogens (tertiary/aromatic N) is 11. The van der Waals surface area contributed by atoms with E-state index in [0.717, 1.165) is 79.8 Å². The van der Waals surface area contributed by atoms with Crippen LogP contribution in [0.25, 0.3) is 33.2 Å². The van der Waals surface area contributed by atoms with Gasteiger partial charge in [-0.05, 0) is 225 Å². The third-order valence-corrected chi connectivity index (χ3v) is 23.8. The summed E-state index contributed by atoms with van der Waals surface area (Å²) in [7, 11) is 0. The molecule has 5 aromatic carbocycles. The third-order valence-electron chi connectivity index (χ3n) is 21.6. The van der Waals surface area contributed by atoms with Gasteiger partial charge in [0.25, 0.3) is 17.0 Å². The Labute approximate surface area is 862 Å². The molecule has 0 radical (unpaired) electrons. The number of benzene rings is 5. The van der Waals surface area contributed by atoms with Crippen molar-refractivity contribution in [3.8, 4) is 29.3 Å². The van der Waals surface area contributed by atoms with Crippen LogP contribution < -0.4 is 60.0 Å². The molecule has 12 aromatic rings. The number of rotatable bonds is 16. The van der Waals surface area contributed by atoms with E-state index in [-0.39, 0.29) is 93.0 Å². The number of nitrogen functional groups attached to an aromatic ring is 1. The summed E-state index contributed by atoms with van der Waals surface area (Å²) in [6.45, 7) is 44.5. The van der Waals surface area contributed by atoms with Gasteiger partial charge in [0.2, 0.25) is 0 Å². The van der Waals surface area contributed by atoms with Gasteiger partial charge in [-0.2, -0.15) is 10.5 Å². The van der Waals surface area contributed by atoms with Gasteiger partial charge in [-0.1, -0.05) is 149 Å². The van der Waals surface area contributed by atoms with Crippen LogP contribution in [0.3, 0.4) is 0 Å². The summed E-state index contributed by atoms with van der Waals surface area (Å²) in [5, 5.41) is 39.2. The smallest absolute Gasteiger partial charge is 0.410 e. The highest BCUT2D eigenvalue weighted by Gasteiger charge is 2.32. The van der Waals surface area contributed by atoms with Crippen LogP contribution >= 0.6 is 79.6 Å². The summed E-state index contributed by atoms with van der Waals surface area (Å²) in [5.41, 5.74) is 20.8. The molecule has 0 aliphatic carbocycles. The molecule has 7 aromatic heterocycles. The van der Waals surface area contributed by atoms with Crippen LogP contribution in [0.1, 0.15) is 218 Å². The first-order chi connectivity index (χ1) is 66.6. The Bertz CT molecular complexity index is 6930. The van der Waals surface area contributed by atoms with Crippen molar-refractivity contribution in [2.45, 2.75) is 198 Å². The predicted molar refractivity (Wildman–Crippen MR) is 561 cm³/mol. The van der Waals surface area contributed by atoms with E-state index in [1.54, 1.807) is 77.2 Å². The molecule has 0 unspecified atom stereocenters. The average Bonchev–Trinajstić information content (AvgIpc) is 0.951. The Kier molecular flexibility index (Phi) is 41.5. The molecule has 0 spiro atoms. The molecule has 0 bridgehead atoms. The predicted octanol–water partition coefficient (Wildman–Crippen LogP) is 21.4. The highest BCUT2D eigenvalue weighted by atomic mass is 79.9. The maximum absolute atomic E-state index is 14.3. The molecule has 2 fully saturated rings. The van der Waals surface area contributed by atoms with Crippen molar-refractivity contribution in [1.29, 1.82) is 10.5 Å². The second-order valence-electron chi connectivity index (χ2n) is 36.8. The zero-order chi connectivity index (χ0) is 106. The molecule has 30 nitrogen and oxygen atoms in total. The number of H-pyrrole nitrogens is 2. The Balaban J connectivity index is 0.000000211. The number of halogens is 10. The van der Waals surface area contributed by atoms with E-state index in [2.05, 4.69) is 150 Å². The van der Waals surface area contributed by atoms with E-state index < -0.39 is 74.3 Å². The van der Waals surface area contributed by atoms with Gasteiger partial charge in [-0.25, -0.2) is 41.1 Å². The first-order valence-corrected chi connectivity index (χ1v) is 49.2. The van der Waals surface area contributed by atoms with E-state index in [1.807, 2.05) is 162 Å². The number of carbonyl (C=O) groups is 3. The van der Waals surface area contributed by atoms with Crippen molar-refractivity contribution in [3.05, 3.63) is 288 Å². The van der Waals surface area contributed by atoms with Crippen molar-refractivity contribution in [1.82, 2.24) is 64.5 Å². The van der Waals surface area contributed by atoms with Crippen molar-refractivity contribution in [2.75, 3.05) is 68.8 Å². The summed E-state index contributed by atoms with van der Waals surface area (Å²) < 4.78 is 89.7. The number of aromatic amines is 2. The minimum atomic E-state index is -0.848. The molecule has 756 valence electrons. The number of aromatic nitrogens is 9. The molecule has 142 heavy (non-hydrogen) atoms. The topological polar surface area (TPSA) is 428 Å². The highest BCUT2D eigenvalue weighted by molar-refractivity contribution is 9.11. The number of nitrogens with two attached hydrogens (primary N) is 2. The largest absolute Gasteiger partial charge is 0.491 e. The van der Waals surface area contributed by atoms with E-state index >= 15 is 0 Å². The lowest BCUT2D eigenvalue weighted by Gasteiger charge is -2.34. The van der Waals surface area contributed by atoms with Crippen LogP contribution in [0, 0.1) is 86.4 Å². The minimum absolute atomic E-state index is 0.00356. The standard InChI is InChI=1S/C27H34BrN5O5.C17H15BrFN3O2.C16H17BrFN3O.C16H15BrFN3.C10H20N2O3.C9H14N2.C7H2BrF2N/c1-15(2)22-23(16(3)7-8-30-22)33-19-11-17(28)12-20(21(19)24(34)31-25(33)35)37-14-18-13-32(10-9-29-18)26(36)38-27(4,5)6;1-8(2)14-15(9(3)4-5-20-14)22-12-7-10(18)6-11(19)13(12)16(23)21-17(22)24;1-8(2)14-15(9(3)4-5-20-14)21-12-7-10(17)6-11(18)13(12)16(19)22;1-9(2)15-16(10(3)4-5-20-15)21-14-7-11(17)6-13(18)12(14)8-19;1-10(2,3)15-9(14)12-5-4-11-8(6-12)7-13;1-6(2)9-8(10)7(3)4-5-11-9;8-4-1-6(9)5(3-11)7(10)2-4/h7-8,11-12,15,18,29H,9-10,13-14H2,1-6H3,(H,31,34,35);4-8H,1-3H3,(H,21,23,24);4-8,21H,1-3H3,(H2,19,22);4-7,9,21H,1-3H3;8,11,13H,4-7H2,1-3H3;4-6H,10H2,1-3H3;1-2H/t18-;;;;8-;;/m0...0../s1. The third kappa shape index (κ3) is 30.7. The van der Waals surface area contributed by atoms with Gasteiger partial charge in [0.15, 0.2) is 0 Å². The summed E-state index contributed by atoms with van der Waals surface area (Å²) in [6.07, 6.45) is 8.00. The maximum atomic E-state index is 14.3. The van der Waals surface area contributed by atoms with E-state index in [1.165, 1.54) is 33.4 Å². The number of anilines is 5. The molecule has 14 rings (SSSR count). The van der Waals surface area contributed by atoms with Crippen molar-refractivity contribution >= 4 is 148 Å². The van der Waals surface area contributed by atoms with Crippen LogP contribution in [-0.2, 0) is 9.47 Å². The second kappa shape index (κ2) is 51.2. The van der Waals surface area contributed by atoms with Gasteiger partial charge in [0.1, 0.15) is 81.3 Å². The Morgan fingerprint density at radius 1 is 0.486 bits per heavy atom. The summed E-state index contributed by atoms with van der Waals surface area (Å²) in [6, 6.07) is 26.5. The van der Waals surface area contributed by atoms with Gasteiger partial charge >= 0.3 is 23.6 Å². The van der Waals surface area contributed by atoms with Crippen LogP contribution in [0.5, 0.6) is 5.75 Å². The quantitative estimate of drug-likeness (QED) is 0.0406. The number of amides is 3. The minimum Gasteiger partial charge on any atom is -0.491 e. The number of nitrogens with one attached hydrogen (secondary N) is 6. The number of carbonyl (C=O) groups excluding carboxylic acids is 3. The van der Waals surface area contributed by atoms with Gasteiger partial charge in [0.05, 0.1) is 103 Å². The van der Waals surface area contributed by atoms with E-state index in [9.17, 15) is 55.5 Å². The number of ether oxygens (including phenoxy) is 3. The Morgan fingerprint density at radius 3 is 1.26 bits per heavy atom. The number of hydrogen-bond acceptors (Lipinski definition) is 23. The van der Waals surface area contributed by atoms with Gasteiger partial charge in [-0.15, -0.1) is 0 Å². The molecule has 0 saturated carbocycles. The van der Waals surface area contributed by atoms with Crippen LogP contribution in [0.15, 0.2) is 164 Å². The fourth-order valence-electron chi connectivity index (χ4n) is 14.8. The second-order valence-corrected chi connectivity index (χ2v) is 41.4. The summed E-state index contributed by atoms with van der Waals surface area (Å²) in [5.74, 6) is -3.20. The number of aliphatic hydroxyl groups is 1. The summed E-state index contributed by atoms with van der Waals surface area (Å²) >= 11 is 16.1. The van der Waals surface area contributed by atoms with Gasteiger partial charge < -0.3 is 61.9 Å². The number of fused-ring (bicyclic) bond motifs is 2. The molecule has 11 N–H and O–H groups in total. The zero-order valence-electron chi connectivity index (χ0n) is 82.6. The van der Waals surface area contributed by atoms with Crippen molar-refractivity contribution in [2.24, 2.45) is 5.73 Å². The SMILES string of the molecule is CC(C)(C)OC(=O)N1CCN[C@H](CO)C1.Cc1ccnc(C(C)C)c1-n1c(=O)[nH]c(=O)c2c(F)cc(Br)cc21.Cc1ccnc(C(C)C)c1-n1c(=O)[nH]c(=O)c2c(OC[C@@H]3CN(C(=O)OC(C)(C)C)CCN3)cc(Br)cc21.Cc1ccnc(C(C)C)c1N.Cc1ccnc(C(C)C)c1Nc1cc(Br)cc(F)c1C#N.Cc1ccnc(C(C)C)c1Nc1cc(Br)cc(F)c1C(N)=O.N#Cc1c(F)cc(Br)cc1F. The van der Waals surface area contributed by atoms with Crippen LogP contribution in [0.4, 0.5) is 60.0 Å². The van der Waals surface area contributed by atoms with Crippen LogP contribution in [0.2, 0.25) is 0 Å². The molecule has 3 amide bonds. The number of hydrogen-bond donors (Lipinski definition) is 9. The fraction of sp³-hybridized carbons (Fsp3) is 0.373. The molecular weight excluding hydrogens is 2160 g/mol. The molecule has 2 aliphatic heterocycles. The fourth-order valence-corrected chi connectivity index (χ4v) is 16.9. The normalized spacial score (nSPS) is 13.4. The number of primary amides is 1. The average molecular weight is 2280 g/mol. The number of pyridine rings is 5. The van der Waals surface area contributed by atoms with E-state index in [0.29, 0.717) is 103 Å². The summed E-state index contributed by atoms with van der Waals surface area (Å²) in [4.78, 5) is 116. The van der Waals surface area contributed by atoms with Crippen molar-refractivity contribution < 1.29 is 55.7 Å². The number of aryl methyl sites for hydroxylation is 5. The van der Waals surface area contributed by atoms with Crippen molar-refractivity contribution in [3.63, 3.8) is 0 Å². The molecule has 2 saturated heterocycles. The molecule has 40 heteroatoms. The van der Waals surface area contributed by atoms with E-state index in [4.69, 9.17) is 41.3 Å². The lowest BCUT2D eigenvalue weighted by molar-refractivity contribution is 0.0165. The lowest BCUT2D eigenvalue weighted by Crippen LogP contribution is -2.55. The Morgan fingerprint density at radius 2 is 0.838 bits per heavy atom. The number of piperazine rings is 2. The highest BCUT2D eigenvalue weighted by Crippen LogP contribution is 2.38. The molecule has 9 heterocycles. The number of aliphatic hydroxyl groups excluding tert-OH is 1. The molecular formula is C102H117Br5F5N19O11. The molecule has 2 aliphatic rings. The van der Waals surface area contributed by atoms with Gasteiger partial charge in [-0.3, -0.25) is 58.4 Å². The first kappa shape index (κ1) is 115.